The molecule has 1 atom stereocenters. The highest BCUT2D eigenvalue weighted by atomic mass is 19.3. The average molecular weight is 252 g/mol. The summed E-state index contributed by atoms with van der Waals surface area (Å²) in [5, 5.41) is 2.76. The van der Waals surface area contributed by atoms with Gasteiger partial charge < -0.3 is 5.32 Å². The first-order valence-electron chi connectivity index (χ1n) is 5.59. The van der Waals surface area contributed by atoms with Crippen molar-refractivity contribution in [1.82, 2.24) is 14.5 Å². The van der Waals surface area contributed by atoms with E-state index in [1.54, 1.807) is 35.3 Å². The Hall–Kier alpha value is -1.98. The van der Waals surface area contributed by atoms with Gasteiger partial charge in [-0.2, -0.15) is 0 Å². The number of hydrogen-bond acceptors (Lipinski definition) is 3. The van der Waals surface area contributed by atoms with Crippen molar-refractivity contribution in [2.45, 2.75) is 26.3 Å². The molecule has 96 valence electrons. The number of anilines is 1. The fraction of sp³-hybridized carbons (Fsp3) is 0.333. The molecular weight excluding hydrogens is 238 g/mol. The number of rotatable bonds is 4. The van der Waals surface area contributed by atoms with Crippen molar-refractivity contribution in [3.05, 3.63) is 36.5 Å². The maximum absolute atomic E-state index is 12.6. The van der Waals surface area contributed by atoms with Crippen LogP contribution in [-0.2, 0) is 0 Å². The second-order valence-corrected chi connectivity index (χ2v) is 3.99. The number of alkyl halides is 2. The standard InChI is InChI=1S/C12H14F2N4/c1-8(11(13)14)17-10-4-3-5-16-12(10)18-7-6-15-9(18)2/h3-8,11,17H,1-2H3. The minimum absolute atomic E-state index is 0.561. The van der Waals surface area contributed by atoms with E-state index < -0.39 is 12.5 Å². The van der Waals surface area contributed by atoms with Gasteiger partial charge in [0.05, 0.1) is 11.7 Å². The van der Waals surface area contributed by atoms with E-state index in [-0.39, 0.29) is 0 Å². The molecule has 0 saturated carbocycles. The third-order valence-electron chi connectivity index (χ3n) is 2.60. The number of pyridine rings is 1. The Morgan fingerprint density at radius 1 is 1.28 bits per heavy atom. The lowest BCUT2D eigenvalue weighted by Gasteiger charge is -2.17. The van der Waals surface area contributed by atoms with Crippen LogP contribution in [0.1, 0.15) is 12.7 Å². The van der Waals surface area contributed by atoms with Crippen molar-refractivity contribution in [3.63, 3.8) is 0 Å². The summed E-state index contributed by atoms with van der Waals surface area (Å²) in [5.74, 6) is 1.32. The van der Waals surface area contributed by atoms with Gasteiger partial charge in [-0.3, -0.25) is 4.57 Å². The number of hydrogen-bond donors (Lipinski definition) is 1. The van der Waals surface area contributed by atoms with Gasteiger partial charge in [-0.1, -0.05) is 0 Å². The zero-order valence-corrected chi connectivity index (χ0v) is 10.1. The second kappa shape index (κ2) is 5.12. The van der Waals surface area contributed by atoms with Gasteiger partial charge in [-0.05, 0) is 26.0 Å². The van der Waals surface area contributed by atoms with E-state index in [1.165, 1.54) is 6.92 Å². The van der Waals surface area contributed by atoms with Crippen LogP contribution >= 0.6 is 0 Å². The summed E-state index contributed by atoms with van der Waals surface area (Å²) in [4.78, 5) is 8.31. The van der Waals surface area contributed by atoms with Crippen molar-refractivity contribution in [1.29, 1.82) is 0 Å². The van der Waals surface area contributed by atoms with Crippen LogP contribution in [0.4, 0.5) is 14.5 Å². The van der Waals surface area contributed by atoms with Crippen molar-refractivity contribution in [2.75, 3.05) is 5.32 Å². The Kier molecular flexibility index (Phi) is 3.55. The molecule has 18 heavy (non-hydrogen) atoms. The Labute approximate surface area is 104 Å². The number of nitrogens with zero attached hydrogens (tertiary/aromatic N) is 3. The summed E-state index contributed by atoms with van der Waals surface area (Å²) in [6, 6.07) is 2.49. The zero-order chi connectivity index (χ0) is 13.1. The molecule has 2 aromatic heterocycles. The lowest BCUT2D eigenvalue weighted by atomic mass is 10.3. The van der Waals surface area contributed by atoms with Gasteiger partial charge in [0.1, 0.15) is 5.82 Å². The number of nitrogens with one attached hydrogen (secondary N) is 1. The van der Waals surface area contributed by atoms with Crippen LogP contribution < -0.4 is 5.32 Å². The van der Waals surface area contributed by atoms with Gasteiger partial charge in [0.25, 0.3) is 6.43 Å². The molecule has 2 rings (SSSR count). The molecule has 0 bridgehead atoms. The lowest BCUT2D eigenvalue weighted by molar-refractivity contribution is 0.130. The highest BCUT2D eigenvalue weighted by Gasteiger charge is 2.16. The molecule has 0 aliphatic rings. The molecular formula is C12H14F2N4. The number of aromatic nitrogens is 3. The molecule has 0 amide bonds. The third kappa shape index (κ3) is 2.47. The van der Waals surface area contributed by atoms with Crippen LogP contribution in [0, 0.1) is 6.92 Å². The Bertz CT molecular complexity index is 524. The number of halogens is 2. The first kappa shape index (κ1) is 12.5. The molecule has 1 N–H and O–H groups in total. The van der Waals surface area contributed by atoms with Crippen molar-refractivity contribution in [2.24, 2.45) is 0 Å². The molecule has 1 unspecified atom stereocenters. The first-order chi connectivity index (χ1) is 8.59. The molecule has 0 saturated heterocycles. The van der Waals surface area contributed by atoms with E-state index in [9.17, 15) is 8.78 Å². The summed E-state index contributed by atoms with van der Waals surface area (Å²) in [5.41, 5.74) is 0.561. The van der Waals surface area contributed by atoms with Crippen LogP contribution in [0.5, 0.6) is 0 Å². The average Bonchev–Trinajstić information content (AvgIpc) is 2.76. The fourth-order valence-electron chi connectivity index (χ4n) is 1.61. The van der Waals surface area contributed by atoms with Gasteiger partial charge in [-0.25, -0.2) is 18.7 Å². The summed E-state index contributed by atoms with van der Waals surface area (Å²) >= 11 is 0. The summed E-state index contributed by atoms with van der Waals surface area (Å²) in [7, 11) is 0. The maximum Gasteiger partial charge on any atom is 0.258 e. The molecule has 2 heterocycles. The van der Waals surface area contributed by atoms with E-state index in [0.717, 1.165) is 5.82 Å². The van der Waals surface area contributed by atoms with Crippen molar-refractivity contribution in [3.8, 4) is 5.82 Å². The summed E-state index contributed by atoms with van der Waals surface area (Å²) < 4.78 is 26.9. The van der Waals surface area contributed by atoms with E-state index in [0.29, 0.717) is 11.5 Å². The van der Waals surface area contributed by atoms with Gasteiger partial charge in [0, 0.05) is 18.6 Å². The molecule has 0 aliphatic heterocycles. The smallest absolute Gasteiger partial charge is 0.258 e. The highest BCUT2D eigenvalue weighted by Crippen LogP contribution is 2.20. The molecule has 0 radical (unpaired) electrons. The largest absolute Gasteiger partial charge is 0.374 e. The molecule has 0 fully saturated rings. The lowest BCUT2D eigenvalue weighted by Crippen LogP contribution is -2.24. The van der Waals surface area contributed by atoms with Gasteiger partial charge >= 0.3 is 0 Å². The Morgan fingerprint density at radius 3 is 2.67 bits per heavy atom. The highest BCUT2D eigenvalue weighted by molar-refractivity contribution is 5.57. The Balaban J connectivity index is 2.35. The second-order valence-electron chi connectivity index (χ2n) is 3.99. The minimum Gasteiger partial charge on any atom is -0.374 e. The summed E-state index contributed by atoms with van der Waals surface area (Å²) in [6.07, 6.45) is 2.58. The summed E-state index contributed by atoms with van der Waals surface area (Å²) in [6.45, 7) is 3.26. The van der Waals surface area contributed by atoms with E-state index in [1.807, 2.05) is 6.92 Å². The molecule has 2 aromatic rings. The number of imidazole rings is 1. The van der Waals surface area contributed by atoms with E-state index >= 15 is 0 Å². The molecule has 4 nitrogen and oxygen atoms in total. The maximum atomic E-state index is 12.6. The SMILES string of the molecule is Cc1nccn1-c1ncccc1NC(C)C(F)F. The molecule has 6 heteroatoms. The quantitative estimate of drug-likeness (QED) is 0.909. The predicted octanol–water partition coefficient (Wildman–Crippen LogP) is 2.64. The van der Waals surface area contributed by atoms with Gasteiger partial charge in [0.15, 0.2) is 5.82 Å². The zero-order valence-electron chi connectivity index (χ0n) is 10.1. The van der Waals surface area contributed by atoms with Crippen LogP contribution in [0.25, 0.3) is 5.82 Å². The van der Waals surface area contributed by atoms with E-state index in [4.69, 9.17) is 0 Å². The van der Waals surface area contributed by atoms with E-state index in [2.05, 4.69) is 15.3 Å². The fourth-order valence-corrected chi connectivity index (χ4v) is 1.61. The topological polar surface area (TPSA) is 42.7 Å². The normalized spacial score (nSPS) is 12.7. The predicted molar refractivity (Wildman–Crippen MR) is 65.2 cm³/mol. The van der Waals surface area contributed by atoms with Crippen molar-refractivity contribution >= 4 is 5.69 Å². The number of aryl methyl sites for hydroxylation is 1. The van der Waals surface area contributed by atoms with Crippen LogP contribution in [0.2, 0.25) is 0 Å². The minimum atomic E-state index is -2.43. The van der Waals surface area contributed by atoms with Crippen LogP contribution in [-0.4, -0.2) is 27.0 Å². The monoisotopic (exact) mass is 252 g/mol. The first-order valence-corrected chi connectivity index (χ1v) is 5.59. The molecule has 0 aromatic carbocycles. The molecule has 0 aliphatic carbocycles. The van der Waals surface area contributed by atoms with Crippen LogP contribution in [0.15, 0.2) is 30.7 Å². The van der Waals surface area contributed by atoms with Gasteiger partial charge in [-0.15, -0.1) is 0 Å². The Morgan fingerprint density at radius 2 is 2.06 bits per heavy atom. The van der Waals surface area contributed by atoms with Crippen LogP contribution in [0.3, 0.4) is 0 Å². The molecule has 0 spiro atoms. The van der Waals surface area contributed by atoms with Crippen molar-refractivity contribution < 1.29 is 8.78 Å². The third-order valence-corrected chi connectivity index (χ3v) is 2.60. The van der Waals surface area contributed by atoms with Gasteiger partial charge in [0.2, 0.25) is 0 Å².